The Hall–Kier alpha value is -2.57. The average Bonchev–Trinajstić information content (AvgIpc) is 2.95. The summed E-state index contributed by atoms with van der Waals surface area (Å²) in [5.41, 5.74) is 2.43. The summed E-state index contributed by atoms with van der Waals surface area (Å²) in [5.74, 6) is 0.731. The number of amides is 1. The number of benzene rings is 2. The van der Waals surface area contributed by atoms with Crippen molar-refractivity contribution in [3.8, 4) is 22.8 Å². The van der Waals surface area contributed by atoms with Gasteiger partial charge in [0.2, 0.25) is 0 Å². The highest BCUT2D eigenvalue weighted by Crippen LogP contribution is 2.26. The Bertz CT molecular complexity index is 1030. The molecule has 1 aromatic heterocycles. The van der Waals surface area contributed by atoms with E-state index in [4.69, 9.17) is 21.1 Å². The van der Waals surface area contributed by atoms with Gasteiger partial charge >= 0.3 is 0 Å². The van der Waals surface area contributed by atoms with Crippen molar-refractivity contribution in [2.75, 3.05) is 14.2 Å². The standard InChI is InChI=1S/C20H19ClN2O3S/c1-12-18(13-5-7-15(21)8-6-13)23(2)20(27-12)22-19(24)14-9-16(25-3)11-17(10-14)26-4/h5-11H,1-4H3. The molecule has 0 radical (unpaired) electrons. The van der Waals surface area contributed by atoms with Crippen LogP contribution in [0.25, 0.3) is 11.3 Å². The number of thiazole rings is 1. The number of aromatic nitrogens is 1. The van der Waals surface area contributed by atoms with Crippen LogP contribution in [-0.4, -0.2) is 24.7 Å². The zero-order valence-electron chi connectivity index (χ0n) is 15.4. The first-order valence-electron chi connectivity index (χ1n) is 8.17. The van der Waals surface area contributed by atoms with Gasteiger partial charge < -0.3 is 14.0 Å². The van der Waals surface area contributed by atoms with Gasteiger partial charge in [0.25, 0.3) is 5.91 Å². The fraction of sp³-hybridized carbons (Fsp3) is 0.200. The zero-order valence-corrected chi connectivity index (χ0v) is 17.0. The predicted molar refractivity (Wildman–Crippen MR) is 108 cm³/mol. The van der Waals surface area contributed by atoms with E-state index < -0.39 is 0 Å². The van der Waals surface area contributed by atoms with Gasteiger partial charge in [-0.25, -0.2) is 0 Å². The van der Waals surface area contributed by atoms with Crippen molar-refractivity contribution in [3.63, 3.8) is 0 Å². The molecule has 2 aromatic carbocycles. The fourth-order valence-electron chi connectivity index (χ4n) is 2.77. The highest BCUT2D eigenvalue weighted by Gasteiger charge is 2.13. The quantitative estimate of drug-likeness (QED) is 0.646. The third kappa shape index (κ3) is 4.07. The molecular formula is C20H19ClN2O3S. The van der Waals surface area contributed by atoms with E-state index in [0.29, 0.717) is 26.9 Å². The number of aryl methyl sites for hydroxylation is 1. The molecule has 0 fully saturated rings. The van der Waals surface area contributed by atoms with Gasteiger partial charge in [-0.3, -0.25) is 4.79 Å². The van der Waals surface area contributed by atoms with Gasteiger partial charge in [-0.15, -0.1) is 11.3 Å². The van der Waals surface area contributed by atoms with Crippen molar-refractivity contribution < 1.29 is 14.3 Å². The van der Waals surface area contributed by atoms with E-state index in [2.05, 4.69) is 4.99 Å². The molecule has 0 aliphatic rings. The van der Waals surface area contributed by atoms with Crippen LogP contribution in [-0.2, 0) is 7.05 Å². The molecule has 0 bridgehead atoms. The maximum atomic E-state index is 12.7. The molecule has 1 heterocycles. The van der Waals surface area contributed by atoms with E-state index in [0.717, 1.165) is 16.1 Å². The number of rotatable bonds is 4. The maximum Gasteiger partial charge on any atom is 0.279 e. The normalized spacial score (nSPS) is 11.5. The van der Waals surface area contributed by atoms with Crippen LogP contribution >= 0.6 is 22.9 Å². The Kier molecular flexibility index (Phi) is 5.68. The Morgan fingerprint density at radius 3 is 2.22 bits per heavy atom. The van der Waals surface area contributed by atoms with Gasteiger partial charge in [-0.2, -0.15) is 4.99 Å². The topological polar surface area (TPSA) is 52.8 Å². The molecule has 0 saturated heterocycles. The molecule has 1 amide bonds. The van der Waals surface area contributed by atoms with Gasteiger partial charge in [0.05, 0.1) is 19.9 Å². The summed E-state index contributed by atoms with van der Waals surface area (Å²) in [5, 5.41) is 0.682. The summed E-state index contributed by atoms with van der Waals surface area (Å²) in [6.45, 7) is 2.01. The van der Waals surface area contributed by atoms with Crippen molar-refractivity contribution in [3.05, 3.63) is 62.7 Å². The largest absolute Gasteiger partial charge is 0.497 e. The number of carbonyl (C=O) groups excluding carboxylic acids is 1. The molecule has 0 atom stereocenters. The zero-order chi connectivity index (χ0) is 19.6. The van der Waals surface area contributed by atoms with E-state index in [1.54, 1.807) is 32.4 Å². The minimum atomic E-state index is -0.355. The SMILES string of the molecule is COc1cc(OC)cc(C(=O)N=c2sc(C)c(-c3ccc(Cl)cc3)n2C)c1. The van der Waals surface area contributed by atoms with Crippen molar-refractivity contribution in [2.24, 2.45) is 12.0 Å². The summed E-state index contributed by atoms with van der Waals surface area (Å²) in [6.07, 6.45) is 0. The molecule has 27 heavy (non-hydrogen) atoms. The lowest BCUT2D eigenvalue weighted by atomic mass is 10.1. The first-order chi connectivity index (χ1) is 12.9. The first kappa shape index (κ1) is 19.2. The highest BCUT2D eigenvalue weighted by atomic mass is 35.5. The molecule has 0 spiro atoms. The average molecular weight is 403 g/mol. The molecule has 5 nitrogen and oxygen atoms in total. The number of carbonyl (C=O) groups is 1. The molecule has 0 saturated carbocycles. The second-order valence-electron chi connectivity index (χ2n) is 5.87. The summed E-state index contributed by atoms with van der Waals surface area (Å²) in [6, 6.07) is 12.6. The van der Waals surface area contributed by atoms with E-state index in [1.165, 1.54) is 11.3 Å². The lowest BCUT2D eigenvalue weighted by Crippen LogP contribution is -2.14. The van der Waals surface area contributed by atoms with Gasteiger partial charge in [-0.05, 0) is 36.8 Å². The summed E-state index contributed by atoms with van der Waals surface area (Å²) in [4.78, 5) is 18.7. The van der Waals surface area contributed by atoms with Gasteiger partial charge in [-0.1, -0.05) is 23.7 Å². The molecule has 0 aliphatic carbocycles. The second kappa shape index (κ2) is 7.98. The third-order valence-corrected chi connectivity index (χ3v) is 5.41. The number of hydrogen-bond acceptors (Lipinski definition) is 4. The van der Waals surface area contributed by atoms with Gasteiger partial charge in [0.1, 0.15) is 11.5 Å². The summed E-state index contributed by atoms with van der Waals surface area (Å²) >= 11 is 7.45. The number of hydrogen-bond donors (Lipinski definition) is 0. The Morgan fingerprint density at radius 1 is 1.07 bits per heavy atom. The van der Waals surface area contributed by atoms with Crippen molar-refractivity contribution in [2.45, 2.75) is 6.92 Å². The molecule has 0 N–H and O–H groups in total. The van der Waals surface area contributed by atoms with E-state index in [1.807, 2.05) is 42.8 Å². The molecule has 0 unspecified atom stereocenters. The minimum Gasteiger partial charge on any atom is -0.497 e. The molecule has 0 aliphatic heterocycles. The van der Waals surface area contributed by atoms with Crippen molar-refractivity contribution in [1.82, 2.24) is 4.57 Å². The Labute approximate surface area is 166 Å². The van der Waals surface area contributed by atoms with E-state index in [9.17, 15) is 4.79 Å². The molecular weight excluding hydrogens is 384 g/mol. The van der Waals surface area contributed by atoms with Crippen LogP contribution in [0.3, 0.4) is 0 Å². The van der Waals surface area contributed by atoms with Crippen LogP contribution in [0.2, 0.25) is 5.02 Å². The highest BCUT2D eigenvalue weighted by molar-refractivity contribution is 7.09. The monoisotopic (exact) mass is 402 g/mol. The van der Waals surface area contributed by atoms with Crippen LogP contribution in [0.5, 0.6) is 11.5 Å². The molecule has 3 rings (SSSR count). The maximum absolute atomic E-state index is 12.7. The number of ether oxygens (including phenoxy) is 2. The van der Waals surface area contributed by atoms with Crippen LogP contribution in [0, 0.1) is 6.92 Å². The smallest absolute Gasteiger partial charge is 0.279 e. The predicted octanol–water partition coefficient (Wildman–Crippen LogP) is 4.47. The van der Waals surface area contributed by atoms with E-state index >= 15 is 0 Å². The van der Waals surface area contributed by atoms with Crippen LogP contribution in [0.1, 0.15) is 15.2 Å². The van der Waals surface area contributed by atoms with Crippen molar-refractivity contribution in [1.29, 1.82) is 0 Å². The summed E-state index contributed by atoms with van der Waals surface area (Å²) in [7, 11) is 4.98. The Morgan fingerprint density at radius 2 is 1.67 bits per heavy atom. The minimum absolute atomic E-state index is 0.355. The van der Waals surface area contributed by atoms with Crippen LogP contribution in [0.4, 0.5) is 0 Å². The van der Waals surface area contributed by atoms with Gasteiger partial charge in [0.15, 0.2) is 4.80 Å². The first-order valence-corrected chi connectivity index (χ1v) is 9.37. The van der Waals surface area contributed by atoms with Gasteiger partial charge in [0, 0.05) is 28.6 Å². The fourth-order valence-corrected chi connectivity index (χ4v) is 3.88. The molecule has 7 heteroatoms. The third-order valence-electron chi connectivity index (χ3n) is 4.11. The van der Waals surface area contributed by atoms with E-state index in [-0.39, 0.29) is 5.91 Å². The number of nitrogens with zero attached hydrogens (tertiary/aromatic N) is 2. The van der Waals surface area contributed by atoms with Crippen LogP contribution < -0.4 is 14.3 Å². The second-order valence-corrected chi connectivity index (χ2v) is 7.49. The lowest BCUT2D eigenvalue weighted by Gasteiger charge is -2.06. The summed E-state index contributed by atoms with van der Waals surface area (Å²) < 4.78 is 12.4. The molecule has 140 valence electrons. The van der Waals surface area contributed by atoms with Crippen molar-refractivity contribution >= 4 is 28.8 Å². The number of halogens is 1. The molecule has 3 aromatic rings. The van der Waals surface area contributed by atoms with Crippen LogP contribution in [0.15, 0.2) is 47.5 Å². The Balaban J connectivity index is 2.04. The lowest BCUT2D eigenvalue weighted by molar-refractivity contribution is 0.0997. The number of methoxy groups -OCH3 is 2.